The molecule has 0 radical (unpaired) electrons. The van der Waals surface area contributed by atoms with E-state index in [0.717, 1.165) is 24.1 Å². The lowest BCUT2D eigenvalue weighted by atomic mass is 9.75. The van der Waals surface area contributed by atoms with Crippen LogP contribution in [0.3, 0.4) is 0 Å². The molecule has 1 fully saturated rings. The van der Waals surface area contributed by atoms with Crippen molar-refractivity contribution < 1.29 is 4.79 Å². The van der Waals surface area contributed by atoms with Crippen LogP contribution in [0.15, 0.2) is 5.38 Å². The van der Waals surface area contributed by atoms with E-state index in [9.17, 15) is 4.79 Å². The van der Waals surface area contributed by atoms with E-state index in [4.69, 9.17) is 0 Å². The number of carbonyl (C=O) groups excluding carboxylic acids is 1. The molecule has 18 heavy (non-hydrogen) atoms. The second-order valence-corrected chi connectivity index (χ2v) is 7.04. The van der Waals surface area contributed by atoms with E-state index in [1.54, 1.807) is 18.3 Å². The number of Topliss-reactive ketones (excluding diaryl/α,β-unsaturated/α-hetero) is 1. The summed E-state index contributed by atoms with van der Waals surface area (Å²) in [7, 11) is 0. The lowest BCUT2D eigenvalue weighted by Gasteiger charge is -2.38. The van der Waals surface area contributed by atoms with Gasteiger partial charge in [-0.2, -0.15) is 0 Å². The second-order valence-electron chi connectivity index (χ2n) is 6.20. The highest BCUT2D eigenvalue weighted by atomic mass is 32.1. The molecule has 0 unspecified atom stereocenters. The standard InChI is InChI=1S/C14H22N2OS/c1-10(17)12-9-18-13(15-12)16-7-5-11(6-8-16)14(2,3)4/h9,11H,5-8H2,1-4H3. The zero-order chi connectivity index (χ0) is 13.3. The largest absolute Gasteiger partial charge is 0.348 e. The lowest BCUT2D eigenvalue weighted by Crippen LogP contribution is -2.38. The quantitative estimate of drug-likeness (QED) is 0.767. The summed E-state index contributed by atoms with van der Waals surface area (Å²) in [6.45, 7) is 10.7. The molecular formula is C14H22N2OS. The first-order chi connectivity index (χ1) is 8.38. The van der Waals surface area contributed by atoms with Gasteiger partial charge in [0.15, 0.2) is 10.9 Å². The fourth-order valence-electron chi connectivity index (χ4n) is 2.51. The van der Waals surface area contributed by atoms with Crippen molar-refractivity contribution in [2.75, 3.05) is 18.0 Å². The molecule has 0 atom stereocenters. The van der Waals surface area contributed by atoms with Crippen molar-refractivity contribution in [3.8, 4) is 0 Å². The Kier molecular flexibility index (Phi) is 3.76. The minimum atomic E-state index is 0.0575. The third-order valence-electron chi connectivity index (χ3n) is 3.84. The number of rotatable bonds is 2. The summed E-state index contributed by atoms with van der Waals surface area (Å²) < 4.78 is 0. The summed E-state index contributed by atoms with van der Waals surface area (Å²) >= 11 is 1.59. The summed E-state index contributed by atoms with van der Waals surface area (Å²) in [5.74, 6) is 0.850. The number of thiazole rings is 1. The number of hydrogen-bond donors (Lipinski definition) is 0. The van der Waals surface area contributed by atoms with E-state index in [1.165, 1.54) is 12.8 Å². The molecular weight excluding hydrogens is 244 g/mol. The van der Waals surface area contributed by atoms with E-state index < -0.39 is 0 Å². The zero-order valence-electron chi connectivity index (χ0n) is 11.7. The van der Waals surface area contributed by atoms with Gasteiger partial charge in [-0.3, -0.25) is 4.79 Å². The Balaban J connectivity index is 1.99. The van der Waals surface area contributed by atoms with Crippen LogP contribution in [0.5, 0.6) is 0 Å². The van der Waals surface area contributed by atoms with Crippen LogP contribution in [0.1, 0.15) is 51.0 Å². The molecule has 2 rings (SSSR count). The molecule has 100 valence electrons. The molecule has 0 aliphatic carbocycles. The van der Waals surface area contributed by atoms with Crippen LogP contribution in [0.25, 0.3) is 0 Å². The van der Waals surface area contributed by atoms with Crippen molar-refractivity contribution in [1.82, 2.24) is 4.98 Å². The van der Waals surface area contributed by atoms with Gasteiger partial charge < -0.3 is 4.90 Å². The van der Waals surface area contributed by atoms with Crippen molar-refractivity contribution in [3.63, 3.8) is 0 Å². The van der Waals surface area contributed by atoms with Crippen LogP contribution < -0.4 is 4.90 Å². The maximum absolute atomic E-state index is 11.3. The van der Waals surface area contributed by atoms with Gasteiger partial charge in [0, 0.05) is 25.4 Å². The van der Waals surface area contributed by atoms with E-state index in [1.807, 2.05) is 5.38 Å². The number of aromatic nitrogens is 1. The molecule has 0 amide bonds. The van der Waals surface area contributed by atoms with Crippen molar-refractivity contribution >= 4 is 22.3 Å². The molecule has 0 bridgehead atoms. The van der Waals surface area contributed by atoms with Crippen molar-refractivity contribution in [2.45, 2.75) is 40.5 Å². The van der Waals surface area contributed by atoms with Gasteiger partial charge in [0.05, 0.1) is 0 Å². The topological polar surface area (TPSA) is 33.2 Å². The number of ketones is 1. The smallest absolute Gasteiger partial charge is 0.185 e. The maximum Gasteiger partial charge on any atom is 0.185 e. The summed E-state index contributed by atoms with van der Waals surface area (Å²) in [6.07, 6.45) is 2.44. The first-order valence-electron chi connectivity index (χ1n) is 6.59. The first-order valence-corrected chi connectivity index (χ1v) is 7.47. The SMILES string of the molecule is CC(=O)c1csc(N2CCC(C(C)(C)C)CC2)n1. The summed E-state index contributed by atoms with van der Waals surface area (Å²) in [5.41, 5.74) is 1.01. The third-order valence-corrected chi connectivity index (χ3v) is 4.74. The van der Waals surface area contributed by atoms with Gasteiger partial charge in [-0.25, -0.2) is 4.98 Å². The highest BCUT2D eigenvalue weighted by Crippen LogP contribution is 2.36. The lowest BCUT2D eigenvalue weighted by molar-refractivity contribution is 0.101. The Morgan fingerprint density at radius 3 is 2.44 bits per heavy atom. The fraction of sp³-hybridized carbons (Fsp3) is 0.714. The van der Waals surface area contributed by atoms with Crippen molar-refractivity contribution in [1.29, 1.82) is 0 Å². The highest BCUT2D eigenvalue weighted by Gasteiger charge is 2.29. The number of carbonyl (C=O) groups is 1. The second kappa shape index (κ2) is 5.00. The van der Waals surface area contributed by atoms with Crippen molar-refractivity contribution in [2.24, 2.45) is 11.3 Å². The van der Waals surface area contributed by atoms with Crippen molar-refractivity contribution in [3.05, 3.63) is 11.1 Å². The maximum atomic E-state index is 11.3. The number of anilines is 1. The molecule has 0 aromatic carbocycles. The fourth-order valence-corrected chi connectivity index (χ4v) is 3.43. The average Bonchev–Trinajstić information content (AvgIpc) is 2.77. The molecule has 2 heterocycles. The normalized spacial score (nSPS) is 18.1. The Morgan fingerprint density at radius 1 is 1.39 bits per heavy atom. The van der Waals surface area contributed by atoms with Crippen LogP contribution in [-0.4, -0.2) is 23.9 Å². The summed E-state index contributed by atoms with van der Waals surface area (Å²) in [5, 5.41) is 2.88. The molecule has 0 N–H and O–H groups in total. The van der Waals surface area contributed by atoms with Gasteiger partial charge in [-0.15, -0.1) is 11.3 Å². The van der Waals surface area contributed by atoms with E-state index in [0.29, 0.717) is 11.1 Å². The van der Waals surface area contributed by atoms with Crippen LogP contribution in [-0.2, 0) is 0 Å². The highest BCUT2D eigenvalue weighted by molar-refractivity contribution is 7.13. The molecule has 3 nitrogen and oxygen atoms in total. The molecule has 1 aliphatic rings. The predicted octanol–water partition coefficient (Wildman–Crippen LogP) is 3.61. The monoisotopic (exact) mass is 266 g/mol. The summed E-state index contributed by atoms with van der Waals surface area (Å²) in [4.78, 5) is 18.0. The van der Waals surface area contributed by atoms with Gasteiger partial charge in [0.1, 0.15) is 5.69 Å². The minimum Gasteiger partial charge on any atom is -0.348 e. The van der Waals surface area contributed by atoms with E-state index in [2.05, 4.69) is 30.7 Å². The average molecular weight is 266 g/mol. The molecule has 4 heteroatoms. The van der Waals surface area contributed by atoms with Gasteiger partial charge in [-0.05, 0) is 24.2 Å². The van der Waals surface area contributed by atoms with E-state index >= 15 is 0 Å². The van der Waals surface area contributed by atoms with Crippen LogP contribution >= 0.6 is 11.3 Å². The molecule has 1 saturated heterocycles. The first kappa shape index (κ1) is 13.5. The Labute approximate surface area is 113 Å². The van der Waals surface area contributed by atoms with Gasteiger partial charge in [-0.1, -0.05) is 20.8 Å². The van der Waals surface area contributed by atoms with Crippen LogP contribution in [0.2, 0.25) is 0 Å². The van der Waals surface area contributed by atoms with E-state index in [-0.39, 0.29) is 5.78 Å². The van der Waals surface area contributed by atoms with Crippen LogP contribution in [0, 0.1) is 11.3 Å². The Bertz CT molecular complexity index is 425. The number of piperidine rings is 1. The predicted molar refractivity (Wildman–Crippen MR) is 76.5 cm³/mol. The third kappa shape index (κ3) is 2.91. The zero-order valence-corrected chi connectivity index (χ0v) is 12.5. The molecule has 1 aromatic heterocycles. The van der Waals surface area contributed by atoms with Gasteiger partial charge >= 0.3 is 0 Å². The Morgan fingerprint density at radius 2 is 2.00 bits per heavy atom. The molecule has 1 aliphatic heterocycles. The molecule has 1 aromatic rings. The van der Waals surface area contributed by atoms with Crippen LogP contribution in [0.4, 0.5) is 5.13 Å². The minimum absolute atomic E-state index is 0.0575. The van der Waals surface area contributed by atoms with Gasteiger partial charge in [0.25, 0.3) is 0 Å². The summed E-state index contributed by atoms with van der Waals surface area (Å²) in [6, 6.07) is 0. The molecule has 0 saturated carbocycles. The van der Waals surface area contributed by atoms with Gasteiger partial charge in [0.2, 0.25) is 0 Å². The molecule has 0 spiro atoms. The number of hydrogen-bond acceptors (Lipinski definition) is 4. The number of nitrogens with zero attached hydrogens (tertiary/aromatic N) is 2. The Hall–Kier alpha value is -0.900.